The summed E-state index contributed by atoms with van der Waals surface area (Å²) in [5.74, 6) is 0.975. The van der Waals surface area contributed by atoms with E-state index >= 15 is 0 Å². The topological polar surface area (TPSA) is 24.5 Å². The van der Waals surface area contributed by atoms with Crippen LogP contribution in [0.3, 0.4) is 0 Å². The van der Waals surface area contributed by atoms with Crippen LogP contribution in [-0.4, -0.2) is 36.7 Å². The Bertz CT molecular complexity index is 409. The molecule has 20 heavy (non-hydrogen) atoms. The van der Waals surface area contributed by atoms with Crippen molar-refractivity contribution in [2.75, 3.05) is 19.7 Å². The summed E-state index contributed by atoms with van der Waals surface area (Å²) in [7, 11) is 0. The number of hydrogen-bond acceptors (Lipinski definition) is 3. The fourth-order valence-electron chi connectivity index (χ4n) is 3.27. The molecular weight excluding hydrogens is 272 g/mol. The molecule has 1 aromatic rings. The average molecular weight is 297 g/mol. The molecule has 1 N–H and O–H groups in total. The van der Waals surface area contributed by atoms with Crippen LogP contribution in [0, 0.1) is 0 Å². The first kappa shape index (κ1) is 15.6. The maximum atomic E-state index is 5.49. The number of likely N-dealkylation sites (tertiary alicyclic amines) is 1. The third kappa shape index (κ3) is 3.87. The highest BCUT2D eigenvalue weighted by atomic mass is 35.5. The zero-order valence-corrected chi connectivity index (χ0v) is 13.0. The minimum atomic E-state index is 0. The molecule has 0 amide bonds. The van der Waals surface area contributed by atoms with Crippen LogP contribution in [0.25, 0.3) is 0 Å². The van der Waals surface area contributed by atoms with Crippen LogP contribution in [-0.2, 0) is 6.54 Å². The number of benzene rings is 1. The van der Waals surface area contributed by atoms with Gasteiger partial charge in [0, 0.05) is 31.7 Å². The van der Waals surface area contributed by atoms with Crippen molar-refractivity contribution < 1.29 is 4.74 Å². The normalized spacial score (nSPS) is 25.9. The highest BCUT2D eigenvalue weighted by Crippen LogP contribution is 2.22. The lowest BCUT2D eigenvalue weighted by molar-refractivity contribution is 0.251. The molecular formula is C16H25ClN2O. The van der Waals surface area contributed by atoms with Crippen molar-refractivity contribution >= 4 is 12.4 Å². The third-order valence-electron chi connectivity index (χ3n) is 4.25. The van der Waals surface area contributed by atoms with Gasteiger partial charge >= 0.3 is 0 Å². The van der Waals surface area contributed by atoms with Gasteiger partial charge in [-0.15, -0.1) is 12.4 Å². The standard InChI is InChI=1S/C16H24N2O.ClH/c1-2-19-16-7-3-13(4-8-16)11-18-10-9-14-5-6-15(12-18)17-14;/h3-4,7-8,14-15,17H,2,5-6,9-12H2,1H3;1H. The van der Waals surface area contributed by atoms with Crippen LogP contribution in [0.1, 0.15) is 31.7 Å². The van der Waals surface area contributed by atoms with Crippen LogP contribution < -0.4 is 10.1 Å². The molecule has 0 saturated carbocycles. The van der Waals surface area contributed by atoms with Crippen LogP contribution in [0.2, 0.25) is 0 Å². The molecule has 2 fully saturated rings. The van der Waals surface area contributed by atoms with E-state index in [1.165, 1.54) is 37.9 Å². The molecule has 0 radical (unpaired) electrons. The zero-order chi connectivity index (χ0) is 13.1. The predicted octanol–water partition coefficient (Wildman–Crippen LogP) is 2.83. The molecule has 2 aliphatic heterocycles. The Morgan fingerprint density at radius 1 is 1.15 bits per heavy atom. The molecule has 0 aromatic heterocycles. The molecule has 3 rings (SSSR count). The zero-order valence-electron chi connectivity index (χ0n) is 12.2. The monoisotopic (exact) mass is 296 g/mol. The third-order valence-corrected chi connectivity index (χ3v) is 4.25. The SMILES string of the molecule is CCOc1ccc(CN2CCC3CCC(C2)N3)cc1.Cl. The molecule has 2 atom stereocenters. The Morgan fingerprint density at radius 3 is 2.65 bits per heavy atom. The highest BCUT2D eigenvalue weighted by Gasteiger charge is 2.28. The summed E-state index contributed by atoms with van der Waals surface area (Å²) in [6, 6.07) is 10.1. The summed E-state index contributed by atoms with van der Waals surface area (Å²) in [6.45, 7) is 6.25. The van der Waals surface area contributed by atoms with Gasteiger partial charge in [0.1, 0.15) is 5.75 Å². The minimum Gasteiger partial charge on any atom is -0.494 e. The first-order chi connectivity index (χ1) is 9.33. The van der Waals surface area contributed by atoms with E-state index in [4.69, 9.17) is 4.74 Å². The Morgan fingerprint density at radius 2 is 1.90 bits per heavy atom. The van der Waals surface area contributed by atoms with Crippen LogP contribution in [0.4, 0.5) is 0 Å². The Kier molecular flexibility index (Phi) is 5.70. The number of nitrogens with one attached hydrogen (secondary N) is 1. The van der Waals surface area contributed by atoms with E-state index in [2.05, 4.69) is 34.5 Å². The van der Waals surface area contributed by atoms with E-state index in [9.17, 15) is 0 Å². The van der Waals surface area contributed by atoms with Gasteiger partial charge in [-0.05, 0) is 43.9 Å². The van der Waals surface area contributed by atoms with Gasteiger partial charge in [0.25, 0.3) is 0 Å². The van der Waals surface area contributed by atoms with Crippen molar-refractivity contribution in [3.05, 3.63) is 29.8 Å². The molecule has 112 valence electrons. The molecule has 1 aromatic carbocycles. The molecule has 3 nitrogen and oxygen atoms in total. The lowest BCUT2D eigenvalue weighted by Gasteiger charge is -2.24. The number of ether oxygens (including phenoxy) is 1. The first-order valence-electron chi connectivity index (χ1n) is 7.53. The number of rotatable bonds is 4. The smallest absolute Gasteiger partial charge is 0.119 e. The average Bonchev–Trinajstić information content (AvgIpc) is 2.75. The van der Waals surface area contributed by atoms with E-state index in [1.54, 1.807) is 0 Å². The van der Waals surface area contributed by atoms with E-state index in [-0.39, 0.29) is 12.4 Å². The lowest BCUT2D eigenvalue weighted by atomic mass is 10.1. The second-order valence-electron chi connectivity index (χ2n) is 5.74. The number of halogens is 1. The summed E-state index contributed by atoms with van der Waals surface area (Å²) < 4.78 is 5.49. The van der Waals surface area contributed by atoms with Crippen LogP contribution in [0.15, 0.2) is 24.3 Å². The fraction of sp³-hybridized carbons (Fsp3) is 0.625. The van der Waals surface area contributed by atoms with Crippen molar-refractivity contribution in [2.24, 2.45) is 0 Å². The summed E-state index contributed by atoms with van der Waals surface area (Å²) in [6.07, 6.45) is 4.03. The van der Waals surface area contributed by atoms with Gasteiger partial charge in [0.2, 0.25) is 0 Å². The lowest BCUT2D eigenvalue weighted by Crippen LogP contribution is -2.34. The second kappa shape index (κ2) is 7.30. The maximum absolute atomic E-state index is 5.49. The van der Waals surface area contributed by atoms with Gasteiger partial charge in [-0.3, -0.25) is 4.90 Å². The van der Waals surface area contributed by atoms with Gasteiger partial charge in [-0.25, -0.2) is 0 Å². The van der Waals surface area contributed by atoms with Crippen molar-refractivity contribution in [3.63, 3.8) is 0 Å². The Labute approximate surface area is 128 Å². The quantitative estimate of drug-likeness (QED) is 0.925. The number of hydrogen-bond donors (Lipinski definition) is 1. The Hall–Kier alpha value is -0.770. The summed E-state index contributed by atoms with van der Waals surface area (Å²) in [5.41, 5.74) is 1.39. The van der Waals surface area contributed by atoms with Gasteiger partial charge in [-0.2, -0.15) is 0 Å². The van der Waals surface area contributed by atoms with Crippen molar-refractivity contribution in [1.82, 2.24) is 10.2 Å². The molecule has 2 unspecified atom stereocenters. The largest absolute Gasteiger partial charge is 0.494 e. The highest BCUT2D eigenvalue weighted by molar-refractivity contribution is 5.85. The van der Waals surface area contributed by atoms with E-state index in [1.807, 2.05) is 6.92 Å². The molecule has 2 saturated heterocycles. The van der Waals surface area contributed by atoms with Gasteiger partial charge in [0.15, 0.2) is 0 Å². The Balaban J connectivity index is 0.00000147. The van der Waals surface area contributed by atoms with Crippen LogP contribution in [0.5, 0.6) is 5.75 Å². The van der Waals surface area contributed by atoms with Gasteiger partial charge in [0.05, 0.1) is 6.61 Å². The van der Waals surface area contributed by atoms with Crippen molar-refractivity contribution in [2.45, 2.75) is 44.8 Å². The molecule has 0 spiro atoms. The summed E-state index contributed by atoms with van der Waals surface area (Å²) >= 11 is 0. The summed E-state index contributed by atoms with van der Waals surface area (Å²) in [4.78, 5) is 2.59. The first-order valence-corrected chi connectivity index (χ1v) is 7.53. The van der Waals surface area contributed by atoms with Gasteiger partial charge in [-0.1, -0.05) is 12.1 Å². The molecule has 2 aliphatic rings. The second-order valence-corrected chi connectivity index (χ2v) is 5.74. The van der Waals surface area contributed by atoms with Crippen molar-refractivity contribution in [3.8, 4) is 5.75 Å². The predicted molar refractivity (Wildman–Crippen MR) is 84.7 cm³/mol. The van der Waals surface area contributed by atoms with E-state index in [0.29, 0.717) is 0 Å². The number of nitrogens with zero attached hydrogens (tertiary/aromatic N) is 1. The maximum Gasteiger partial charge on any atom is 0.119 e. The van der Waals surface area contributed by atoms with Crippen LogP contribution >= 0.6 is 12.4 Å². The van der Waals surface area contributed by atoms with Crippen molar-refractivity contribution in [1.29, 1.82) is 0 Å². The minimum absolute atomic E-state index is 0. The fourth-order valence-corrected chi connectivity index (χ4v) is 3.27. The van der Waals surface area contributed by atoms with E-state index in [0.717, 1.165) is 31.0 Å². The number of fused-ring (bicyclic) bond motifs is 2. The molecule has 2 bridgehead atoms. The summed E-state index contributed by atoms with van der Waals surface area (Å²) in [5, 5.41) is 3.73. The van der Waals surface area contributed by atoms with E-state index < -0.39 is 0 Å². The molecule has 2 heterocycles. The molecule has 4 heteroatoms. The molecule has 0 aliphatic carbocycles. The van der Waals surface area contributed by atoms with Gasteiger partial charge < -0.3 is 10.1 Å².